The summed E-state index contributed by atoms with van der Waals surface area (Å²) in [6, 6.07) is 6.34. The Morgan fingerprint density at radius 2 is 2.11 bits per heavy atom. The average Bonchev–Trinajstić information content (AvgIpc) is 2.33. The van der Waals surface area contributed by atoms with Crippen molar-refractivity contribution < 1.29 is 4.39 Å². The highest BCUT2D eigenvalue weighted by atomic mass is 79.9. The van der Waals surface area contributed by atoms with Gasteiger partial charge in [0, 0.05) is 11.4 Å². The van der Waals surface area contributed by atoms with Gasteiger partial charge in [0.1, 0.15) is 16.5 Å². The van der Waals surface area contributed by atoms with E-state index in [2.05, 4.69) is 31.2 Å². The van der Waals surface area contributed by atoms with E-state index in [1.165, 1.54) is 6.07 Å². The lowest BCUT2D eigenvalue weighted by atomic mass is 10.3. The second kappa shape index (κ2) is 5.58. The van der Waals surface area contributed by atoms with E-state index in [0.29, 0.717) is 21.8 Å². The predicted molar refractivity (Wildman–Crippen MR) is 80.0 cm³/mol. The van der Waals surface area contributed by atoms with Gasteiger partial charge in [-0.15, -0.1) is 0 Å². The van der Waals surface area contributed by atoms with Gasteiger partial charge in [0.05, 0.1) is 4.47 Å². The van der Waals surface area contributed by atoms with Crippen LogP contribution in [0.5, 0.6) is 0 Å². The van der Waals surface area contributed by atoms with E-state index in [9.17, 15) is 4.39 Å². The molecule has 2 aromatic rings. The van der Waals surface area contributed by atoms with Crippen LogP contribution in [0.1, 0.15) is 11.4 Å². The second-order valence-corrected chi connectivity index (χ2v) is 5.13. The molecule has 0 aliphatic carbocycles. The Balaban J connectivity index is 2.32. The Hall–Kier alpha value is -1.60. The molecule has 4 nitrogen and oxygen atoms in total. The van der Waals surface area contributed by atoms with Gasteiger partial charge >= 0.3 is 0 Å². The van der Waals surface area contributed by atoms with Crippen molar-refractivity contribution >= 4 is 44.8 Å². The second-order valence-electron chi connectivity index (χ2n) is 3.84. The van der Waals surface area contributed by atoms with Crippen molar-refractivity contribution in [3.05, 3.63) is 45.9 Å². The molecule has 0 saturated heterocycles. The zero-order valence-electron chi connectivity index (χ0n) is 9.95. The molecule has 98 valence electrons. The van der Waals surface area contributed by atoms with Crippen molar-refractivity contribution in [3.8, 4) is 0 Å². The molecule has 0 unspecified atom stereocenters. The van der Waals surface area contributed by atoms with Crippen molar-refractivity contribution in [3.63, 3.8) is 0 Å². The maximum absolute atomic E-state index is 13.4. The van der Waals surface area contributed by atoms with Crippen molar-refractivity contribution in [1.29, 1.82) is 0 Å². The lowest BCUT2D eigenvalue weighted by molar-refractivity contribution is 0.622. The number of aryl methyl sites for hydroxylation is 1. The number of halogens is 2. The molecule has 0 spiro atoms. The maximum Gasteiger partial charge on any atom is 0.228 e. The molecule has 0 aliphatic rings. The van der Waals surface area contributed by atoms with Crippen LogP contribution in [-0.2, 0) is 0 Å². The van der Waals surface area contributed by atoms with Gasteiger partial charge in [0.2, 0.25) is 5.95 Å². The quantitative estimate of drug-likeness (QED) is 0.840. The number of hydrogen-bond acceptors (Lipinski definition) is 4. The van der Waals surface area contributed by atoms with E-state index < -0.39 is 0 Å². The van der Waals surface area contributed by atoms with E-state index in [1.54, 1.807) is 25.1 Å². The fourth-order valence-electron chi connectivity index (χ4n) is 1.45. The molecule has 2 rings (SSSR count). The van der Waals surface area contributed by atoms with Crippen molar-refractivity contribution in [1.82, 2.24) is 9.97 Å². The zero-order chi connectivity index (χ0) is 14.0. The molecule has 3 N–H and O–H groups in total. The molecule has 0 fully saturated rings. The van der Waals surface area contributed by atoms with Gasteiger partial charge in [-0.1, -0.05) is 12.2 Å². The van der Waals surface area contributed by atoms with Crippen LogP contribution in [0.3, 0.4) is 0 Å². The number of thiocarbonyl (C=S) groups is 1. The largest absolute Gasteiger partial charge is 0.388 e. The molecular weight excluding hydrogens is 331 g/mol. The first kappa shape index (κ1) is 13.8. The third kappa shape index (κ3) is 3.45. The van der Waals surface area contributed by atoms with Crippen LogP contribution in [0.4, 0.5) is 16.0 Å². The zero-order valence-corrected chi connectivity index (χ0v) is 12.3. The third-order valence-electron chi connectivity index (χ3n) is 2.28. The molecule has 19 heavy (non-hydrogen) atoms. The Morgan fingerprint density at radius 3 is 2.74 bits per heavy atom. The summed E-state index contributed by atoms with van der Waals surface area (Å²) in [5.41, 5.74) is 7.27. The monoisotopic (exact) mass is 340 g/mol. The molecular formula is C12H10BrFN4S. The maximum atomic E-state index is 13.4. The highest BCUT2D eigenvalue weighted by Crippen LogP contribution is 2.21. The van der Waals surface area contributed by atoms with Gasteiger partial charge < -0.3 is 11.1 Å². The molecule has 0 amide bonds. The summed E-state index contributed by atoms with van der Waals surface area (Å²) in [6.45, 7) is 1.80. The summed E-state index contributed by atoms with van der Waals surface area (Å²) < 4.78 is 13.8. The first-order valence-corrected chi connectivity index (χ1v) is 6.53. The van der Waals surface area contributed by atoms with Crippen molar-refractivity contribution in [2.75, 3.05) is 5.32 Å². The van der Waals surface area contributed by atoms with Crippen LogP contribution in [0.15, 0.2) is 28.7 Å². The van der Waals surface area contributed by atoms with Crippen LogP contribution in [0, 0.1) is 12.7 Å². The summed E-state index contributed by atoms with van der Waals surface area (Å²) in [6.07, 6.45) is 0. The first-order chi connectivity index (χ1) is 8.95. The standard InChI is InChI=1S/C12H10BrFN4S/c1-6-4-10(11(15)19)18-12(16-6)17-7-2-3-8(13)9(14)5-7/h2-5H,1H3,(H2,15,19)(H,16,17,18). The van der Waals surface area contributed by atoms with E-state index in [0.717, 1.165) is 5.69 Å². The molecule has 0 bridgehead atoms. The number of rotatable bonds is 3. The number of hydrogen-bond donors (Lipinski definition) is 2. The van der Waals surface area contributed by atoms with Crippen LogP contribution >= 0.6 is 28.1 Å². The van der Waals surface area contributed by atoms with Crippen LogP contribution < -0.4 is 11.1 Å². The minimum absolute atomic E-state index is 0.190. The lowest BCUT2D eigenvalue weighted by Crippen LogP contribution is -2.13. The highest BCUT2D eigenvalue weighted by molar-refractivity contribution is 9.10. The van der Waals surface area contributed by atoms with Crippen LogP contribution in [0.2, 0.25) is 0 Å². The minimum Gasteiger partial charge on any atom is -0.388 e. The number of anilines is 2. The number of nitrogens with two attached hydrogens (primary N) is 1. The Kier molecular flexibility index (Phi) is 4.06. The molecule has 0 atom stereocenters. The SMILES string of the molecule is Cc1cc(C(N)=S)nc(Nc2ccc(Br)c(F)c2)n1. The normalized spacial score (nSPS) is 10.3. The third-order valence-corrected chi connectivity index (χ3v) is 3.13. The summed E-state index contributed by atoms with van der Waals surface area (Å²) in [5.74, 6) is -0.0447. The van der Waals surface area contributed by atoms with E-state index in [4.69, 9.17) is 18.0 Å². The van der Waals surface area contributed by atoms with Gasteiger partial charge in [-0.3, -0.25) is 0 Å². The Morgan fingerprint density at radius 1 is 1.37 bits per heavy atom. The topological polar surface area (TPSA) is 63.8 Å². The highest BCUT2D eigenvalue weighted by Gasteiger charge is 2.06. The van der Waals surface area contributed by atoms with E-state index >= 15 is 0 Å². The number of benzene rings is 1. The minimum atomic E-state index is -0.368. The van der Waals surface area contributed by atoms with Crippen molar-refractivity contribution in [2.24, 2.45) is 5.73 Å². The van der Waals surface area contributed by atoms with Gasteiger partial charge in [-0.25, -0.2) is 14.4 Å². The lowest BCUT2D eigenvalue weighted by Gasteiger charge is -2.08. The fourth-order valence-corrected chi connectivity index (χ4v) is 1.80. The van der Waals surface area contributed by atoms with Gasteiger partial charge in [-0.2, -0.15) is 0 Å². The number of nitrogens with zero attached hydrogens (tertiary/aromatic N) is 2. The van der Waals surface area contributed by atoms with E-state index in [-0.39, 0.29) is 10.8 Å². The first-order valence-electron chi connectivity index (χ1n) is 5.33. The predicted octanol–water partition coefficient (Wildman–Crippen LogP) is 3.06. The molecule has 0 radical (unpaired) electrons. The summed E-state index contributed by atoms with van der Waals surface area (Å²) >= 11 is 7.97. The summed E-state index contributed by atoms with van der Waals surface area (Å²) in [4.78, 5) is 8.54. The summed E-state index contributed by atoms with van der Waals surface area (Å²) in [5, 5.41) is 2.91. The average molecular weight is 341 g/mol. The van der Waals surface area contributed by atoms with Crippen LogP contribution in [-0.4, -0.2) is 15.0 Å². The van der Waals surface area contributed by atoms with Gasteiger partial charge in [0.25, 0.3) is 0 Å². The molecule has 1 heterocycles. The molecule has 1 aromatic heterocycles. The molecule has 0 aliphatic heterocycles. The van der Waals surface area contributed by atoms with Gasteiger partial charge in [0.15, 0.2) is 0 Å². The summed E-state index contributed by atoms with van der Waals surface area (Å²) in [7, 11) is 0. The van der Waals surface area contributed by atoms with Crippen molar-refractivity contribution in [2.45, 2.75) is 6.92 Å². The Labute approximate surface area is 123 Å². The molecule has 1 aromatic carbocycles. The smallest absolute Gasteiger partial charge is 0.228 e. The molecule has 7 heteroatoms. The Bertz CT molecular complexity index is 648. The fraction of sp³-hybridized carbons (Fsp3) is 0.0833. The van der Waals surface area contributed by atoms with Gasteiger partial charge in [-0.05, 0) is 47.1 Å². The molecule has 0 saturated carbocycles. The van der Waals surface area contributed by atoms with Crippen LogP contribution in [0.25, 0.3) is 0 Å². The number of aromatic nitrogens is 2. The number of nitrogens with one attached hydrogen (secondary N) is 1. The van der Waals surface area contributed by atoms with E-state index in [1.807, 2.05) is 0 Å².